The van der Waals surface area contributed by atoms with Crippen molar-refractivity contribution in [1.29, 1.82) is 0 Å². The van der Waals surface area contributed by atoms with Crippen LogP contribution in [0.25, 0.3) is 0 Å². The predicted molar refractivity (Wildman–Crippen MR) is 72.5 cm³/mol. The summed E-state index contributed by atoms with van der Waals surface area (Å²) in [7, 11) is 1.36. The minimum Gasteiger partial charge on any atom is -0.490 e. The van der Waals surface area contributed by atoms with Gasteiger partial charge in [-0.05, 0) is 12.1 Å². The Morgan fingerprint density at radius 2 is 2.42 bits per heavy atom. The highest BCUT2D eigenvalue weighted by Gasteiger charge is 2.23. The molecule has 0 spiro atoms. The molecule has 1 aromatic carbocycles. The Kier molecular flexibility index (Phi) is 4.23. The maximum absolute atomic E-state index is 11.9. The van der Waals surface area contributed by atoms with Crippen molar-refractivity contribution in [3.63, 3.8) is 0 Å². The minimum absolute atomic E-state index is 0.164. The first-order valence-corrected chi connectivity index (χ1v) is 6.71. The standard InChI is InChI=1S/C11H13N3O4S/c1-18-10-3-2-7(4-9(10)14(16)17)13-11(15)8-5-19-6-12-8/h2-4,8,12H,5-6H2,1H3,(H,13,15). The summed E-state index contributed by atoms with van der Waals surface area (Å²) in [6.07, 6.45) is 0. The monoisotopic (exact) mass is 283 g/mol. The van der Waals surface area contributed by atoms with E-state index in [1.54, 1.807) is 17.8 Å². The van der Waals surface area contributed by atoms with Crippen molar-refractivity contribution in [1.82, 2.24) is 5.32 Å². The first-order valence-electron chi connectivity index (χ1n) is 5.56. The second-order valence-corrected chi connectivity index (χ2v) is 4.94. The highest BCUT2D eigenvalue weighted by Crippen LogP contribution is 2.29. The van der Waals surface area contributed by atoms with E-state index in [1.807, 2.05) is 0 Å². The molecule has 1 aromatic rings. The average molecular weight is 283 g/mol. The van der Waals surface area contributed by atoms with Crippen LogP contribution in [0.2, 0.25) is 0 Å². The Bertz CT molecular complexity index is 503. The second-order valence-electron chi connectivity index (χ2n) is 3.90. The zero-order valence-corrected chi connectivity index (χ0v) is 11.0. The van der Waals surface area contributed by atoms with Gasteiger partial charge in [-0.1, -0.05) is 0 Å². The maximum atomic E-state index is 11.9. The van der Waals surface area contributed by atoms with Gasteiger partial charge in [0.1, 0.15) is 0 Å². The molecule has 0 aliphatic carbocycles. The third kappa shape index (κ3) is 3.15. The van der Waals surface area contributed by atoms with Crippen LogP contribution in [0.5, 0.6) is 5.75 Å². The van der Waals surface area contributed by atoms with Gasteiger partial charge >= 0.3 is 5.69 Å². The van der Waals surface area contributed by atoms with Crippen LogP contribution < -0.4 is 15.4 Å². The smallest absolute Gasteiger partial charge is 0.312 e. The number of benzene rings is 1. The molecular weight excluding hydrogens is 270 g/mol. The molecule has 19 heavy (non-hydrogen) atoms. The van der Waals surface area contributed by atoms with Crippen LogP contribution in [0.1, 0.15) is 0 Å². The number of nitrogens with zero attached hydrogens (tertiary/aromatic N) is 1. The van der Waals surface area contributed by atoms with Crippen LogP contribution in [-0.2, 0) is 4.79 Å². The van der Waals surface area contributed by atoms with Gasteiger partial charge in [0.2, 0.25) is 5.91 Å². The van der Waals surface area contributed by atoms with Gasteiger partial charge in [0, 0.05) is 23.4 Å². The van der Waals surface area contributed by atoms with Crippen molar-refractivity contribution in [3.05, 3.63) is 28.3 Å². The number of hydrogen-bond acceptors (Lipinski definition) is 6. The SMILES string of the molecule is COc1ccc(NC(=O)C2CSCN2)cc1[N+](=O)[O-]. The fourth-order valence-corrected chi connectivity index (χ4v) is 2.65. The molecule has 1 atom stereocenters. The number of carbonyl (C=O) groups is 1. The summed E-state index contributed by atoms with van der Waals surface area (Å²) in [6.45, 7) is 0. The van der Waals surface area contributed by atoms with Crippen LogP contribution in [0, 0.1) is 10.1 Å². The van der Waals surface area contributed by atoms with Gasteiger partial charge in [-0.25, -0.2) is 0 Å². The van der Waals surface area contributed by atoms with E-state index in [1.165, 1.54) is 19.2 Å². The molecule has 1 heterocycles. The van der Waals surface area contributed by atoms with Gasteiger partial charge in [-0.2, -0.15) is 0 Å². The van der Waals surface area contributed by atoms with E-state index in [0.717, 1.165) is 5.88 Å². The van der Waals surface area contributed by atoms with E-state index in [-0.39, 0.29) is 23.4 Å². The van der Waals surface area contributed by atoms with E-state index < -0.39 is 4.92 Å². The summed E-state index contributed by atoms with van der Waals surface area (Å²) in [4.78, 5) is 22.2. The molecule has 1 aliphatic rings. The Morgan fingerprint density at radius 1 is 1.63 bits per heavy atom. The number of methoxy groups -OCH3 is 1. The van der Waals surface area contributed by atoms with Crippen LogP contribution in [0.4, 0.5) is 11.4 Å². The fraction of sp³-hybridized carbons (Fsp3) is 0.364. The first kappa shape index (κ1) is 13.6. The number of nitro benzene ring substituents is 1. The molecule has 1 amide bonds. The number of nitro groups is 1. The van der Waals surface area contributed by atoms with Crippen molar-refractivity contribution in [2.45, 2.75) is 6.04 Å². The lowest BCUT2D eigenvalue weighted by atomic mass is 10.2. The number of thioether (sulfide) groups is 1. The van der Waals surface area contributed by atoms with Crippen molar-refractivity contribution in [3.8, 4) is 5.75 Å². The molecule has 0 saturated carbocycles. The predicted octanol–water partition coefficient (Wildman–Crippen LogP) is 1.20. The van der Waals surface area contributed by atoms with Crippen molar-refractivity contribution < 1.29 is 14.5 Å². The van der Waals surface area contributed by atoms with E-state index in [9.17, 15) is 14.9 Å². The molecular formula is C11H13N3O4S. The number of anilines is 1. The topological polar surface area (TPSA) is 93.5 Å². The molecule has 7 nitrogen and oxygen atoms in total. The number of hydrogen-bond donors (Lipinski definition) is 2. The lowest BCUT2D eigenvalue weighted by Gasteiger charge is -2.11. The summed E-state index contributed by atoms with van der Waals surface area (Å²) in [5.41, 5.74) is 0.213. The van der Waals surface area contributed by atoms with Crippen molar-refractivity contribution in [2.75, 3.05) is 24.1 Å². The van der Waals surface area contributed by atoms with E-state index in [2.05, 4.69) is 10.6 Å². The van der Waals surface area contributed by atoms with Crippen LogP contribution >= 0.6 is 11.8 Å². The lowest BCUT2D eigenvalue weighted by molar-refractivity contribution is -0.385. The molecule has 2 rings (SSSR count). The number of rotatable bonds is 4. The molecule has 1 aliphatic heterocycles. The van der Waals surface area contributed by atoms with Gasteiger partial charge in [-0.3, -0.25) is 20.2 Å². The van der Waals surface area contributed by atoms with Crippen LogP contribution in [0.15, 0.2) is 18.2 Å². The summed E-state index contributed by atoms with van der Waals surface area (Å²) < 4.78 is 4.90. The number of ether oxygens (including phenoxy) is 1. The van der Waals surface area contributed by atoms with Gasteiger partial charge in [0.15, 0.2) is 5.75 Å². The molecule has 8 heteroatoms. The highest BCUT2D eigenvalue weighted by atomic mass is 32.2. The summed E-state index contributed by atoms with van der Waals surface area (Å²) in [5, 5.41) is 16.6. The molecule has 2 N–H and O–H groups in total. The second kappa shape index (κ2) is 5.89. The Morgan fingerprint density at radius 3 is 3.00 bits per heavy atom. The Labute approximate surface area is 113 Å². The quantitative estimate of drug-likeness (QED) is 0.637. The molecule has 0 aromatic heterocycles. The minimum atomic E-state index is -0.543. The molecule has 102 valence electrons. The molecule has 0 radical (unpaired) electrons. The van der Waals surface area contributed by atoms with Crippen LogP contribution in [0.3, 0.4) is 0 Å². The zero-order valence-electron chi connectivity index (χ0n) is 10.2. The van der Waals surface area contributed by atoms with E-state index in [4.69, 9.17) is 4.74 Å². The first-order chi connectivity index (χ1) is 9.11. The molecule has 1 unspecified atom stereocenters. The number of nitrogens with one attached hydrogen (secondary N) is 2. The van der Waals surface area contributed by atoms with Gasteiger partial charge in [0.25, 0.3) is 0 Å². The zero-order chi connectivity index (χ0) is 13.8. The van der Waals surface area contributed by atoms with Gasteiger partial charge in [0.05, 0.1) is 18.1 Å². The normalized spacial score (nSPS) is 18.1. The largest absolute Gasteiger partial charge is 0.490 e. The highest BCUT2D eigenvalue weighted by molar-refractivity contribution is 7.99. The van der Waals surface area contributed by atoms with E-state index >= 15 is 0 Å². The lowest BCUT2D eigenvalue weighted by Crippen LogP contribution is -2.37. The average Bonchev–Trinajstić information content (AvgIpc) is 2.92. The molecule has 0 bridgehead atoms. The summed E-state index contributed by atoms with van der Waals surface area (Å²) in [6, 6.07) is 4.07. The number of amides is 1. The number of carbonyl (C=O) groups excluding carboxylic acids is 1. The van der Waals surface area contributed by atoms with Crippen LogP contribution in [-0.4, -0.2) is 35.6 Å². The molecule has 1 fully saturated rings. The van der Waals surface area contributed by atoms with Crippen molar-refractivity contribution in [2.24, 2.45) is 0 Å². The Balaban J connectivity index is 2.14. The fourth-order valence-electron chi connectivity index (χ4n) is 1.70. The third-order valence-electron chi connectivity index (χ3n) is 2.68. The Hall–Kier alpha value is -1.80. The van der Waals surface area contributed by atoms with Gasteiger partial charge < -0.3 is 10.1 Å². The summed E-state index contributed by atoms with van der Waals surface area (Å²) >= 11 is 1.64. The van der Waals surface area contributed by atoms with E-state index in [0.29, 0.717) is 11.4 Å². The van der Waals surface area contributed by atoms with Crippen molar-refractivity contribution >= 4 is 29.0 Å². The summed E-state index contributed by atoms with van der Waals surface area (Å²) in [5.74, 6) is 1.41. The van der Waals surface area contributed by atoms with Gasteiger partial charge in [-0.15, -0.1) is 11.8 Å². The maximum Gasteiger partial charge on any atom is 0.312 e. The molecule has 1 saturated heterocycles. The third-order valence-corrected chi connectivity index (χ3v) is 3.62.